The van der Waals surface area contributed by atoms with Gasteiger partial charge in [-0.05, 0) is 12.1 Å². The van der Waals surface area contributed by atoms with Crippen molar-refractivity contribution >= 4 is 5.91 Å². The Bertz CT molecular complexity index is 634. The second kappa shape index (κ2) is 6.46. The van der Waals surface area contributed by atoms with Gasteiger partial charge in [-0.15, -0.1) is 6.58 Å². The lowest BCUT2D eigenvalue weighted by Crippen LogP contribution is -2.39. The molecule has 2 aromatic rings. The summed E-state index contributed by atoms with van der Waals surface area (Å²) in [7, 11) is 0. The zero-order valence-electron chi connectivity index (χ0n) is 11.5. The number of hydrogen-bond acceptors (Lipinski definition) is 3. The van der Waals surface area contributed by atoms with E-state index >= 15 is 0 Å². The van der Waals surface area contributed by atoms with Crippen LogP contribution in [0.25, 0.3) is 11.3 Å². The van der Waals surface area contributed by atoms with Crippen LogP contribution in [0, 0.1) is 0 Å². The first-order valence-corrected chi connectivity index (χ1v) is 6.36. The van der Waals surface area contributed by atoms with Gasteiger partial charge in [0.1, 0.15) is 6.54 Å². The van der Waals surface area contributed by atoms with Gasteiger partial charge < -0.3 is 9.32 Å². The van der Waals surface area contributed by atoms with Crippen molar-refractivity contribution in [1.82, 2.24) is 9.88 Å². The summed E-state index contributed by atoms with van der Waals surface area (Å²) in [6, 6.07) is 6.08. The molecule has 2 rings (SSSR count). The molecule has 1 amide bonds. The number of carbonyl (C=O) groups excluding carboxylic acids is 1. The molecule has 0 N–H and O–H groups in total. The highest BCUT2D eigenvalue weighted by molar-refractivity contribution is 5.94. The number of alkyl halides is 3. The second-order valence-corrected chi connectivity index (χ2v) is 4.53. The molecule has 0 spiro atoms. The summed E-state index contributed by atoms with van der Waals surface area (Å²) >= 11 is 0. The molecule has 0 aliphatic rings. The van der Waals surface area contributed by atoms with Gasteiger partial charge in [0, 0.05) is 17.7 Å². The van der Waals surface area contributed by atoms with Gasteiger partial charge in [-0.1, -0.05) is 18.2 Å². The minimum atomic E-state index is -4.46. The minimum absolute atomic E-state index is 0.161. The predicted octanol–water partition coefficient (Wildman–Crippen LogP) is 3.53. The Kier molecular flexibility index (Phi) is 4.65. The number of benzene rings is 1. The Hall–Kier alpha value is -2.57. The monoisotopic (exact) mass is 310 g/mol. The highest BCUT2D eigenvalue weighted by Crippen LogP contribution is 2.21. The fourth-order valence-electron chi connectivity index (χ4n) is 1.91. The molecule has 1 heterocycles. The van der Waals surface area contributed by atoms with Gasteiger partial charge in [-0.2, -0.15) is 13.2 Å². The fourth-order valence-corrected chi connectivity index (χ4v) is 1.91. The second-order valence-electron chi connectivity index (χ2n) is 4.53. The molecule has 0 fully saturated rings. The van der Waals surface area contributed by atoms with Crippen LogP contribution < -0.4 is 0 Å². The van der Waals surface area contributed by atoms with Crippen LogP contribution in [0.5, 0.6) is 0 Å². The molecule has 7 heteroatoms. The summed E-state index contributed by atoms with van der Waals surface area (Å²) < 4.78 is 42.6. The summed E-state index contributed by atoms with van der Waals surface area (Å²) in [5, 5.41) is 0. The van der Waals surface area contributed by atoms with E-state index < -0.39 is 18.6 Å². The number of nitrogens with zero attached hydrogens (tertiary/aromatic N) is 2. The number of hydrogen-bond donors (Lipinski definition) is 0. The molecule has 1 aromatic heterocycles. The van der Waals surface area contributed by atoms with E-state index in [0.29, 0.717) is 16.2 Å². The van der Waals surface area contributed by atoms with E-state index in [1.165, 1.54) is 30.8 Å². The van der Waals surface area contributed by atoms with Crippen molar-refractivity contribution in [3.63, 3.8) is 0 Å². The Morgan fingerprint density at radius 1 is 1.32 bits per heavy atom. The maximum Gasteiger partial charge on any atom is 0.406 e. The topological polar surface area (TPSA) is 46.3 Å². The molecule has 0 unspecified atom stereocenters. The fraction of sp³-hybridized carbons (Fsp3) is 0.200. The number of rotatable bonds is 5. The van der Waals surface area contributed by atoms with Crippen molar-refractivity contribution in [1.29, 1.82) is 0 Å². The summed E-state index contributed by atoms with van der Waals surface area (Å²) in [6.45, 7) is 1.88. The zero-order chi connectivity index (χ0) is 16.2. The van der Waals surface area contributed by atoms with Crippen molar-refractivity contribution in [3.8, 4) is 11.3 Å². The average Bonchev–Trinajstić information content (AvgIpc) is 2.99. The summed E-state index contributed by atoms with van der Waals surface area (Å²) in [6.07, 6.45) is -0.432. The molecule has 0 saturated heterocycles. The molecule has 0 bridgehead atoms. The van der Waals surface area contributed by atoms with Gasteiger partial charge in [0.15, 0.2) is 12.2 Å². The minimum Gasteiger partial charge on any atom is -0.444 e. The standard InChI is InChI=1S/C15H13F3N2O2/c1-2-7-20(9-15(16,17)18)14(21)12-5-3-11(4-6-12)13-8-19-10-22-13/h2-6,8,10H,1,7,9H2. The SMILES string of the molecule is C=CCN(CC(F)(F)F)C(=O)c1ccc(-c2cnco2)cc1. The largest absolute Gasteiger partial charge is 0.444 e. The number of halogens is 3. The summed E-state index contributed by atoms with van der Waals surface area (Å²) in [5.41, 5.74) is 0.842. The smallest absolute Gasteiger partial charge is 0.406 e. The number of aromatic nitrogens is 1. The van der Waals surface area contributed by atoms with Crippen LogP contribution in [0.4, 0.5) is 13.2 Å². The lowest BCUT2D eigenvalue weighted by atomic mass is 10.1. The van der Waals surface area contributed by atoms with E-state index in [1.807, 2.05) is 0 Å². The van der Waals surface area contributed by atoms with Crippen LogP contribution in [0.1, 0.15) is 10.4 Å². The predicted molar refractivity (Wildman–Crippen MR) is 74.1 cm³/mol. The van der Waals surface area contributed by atoms with Gasteiger partial charge in [0.2, 0.25) is 0 Å². The third-order valence-corrected chi connectivity index (χ3v) is 2.86. The molecule has 1 aromatic carbocycles. The first-order chi connectivity index (χ1) is 10.4. The van der Waals surface area contributed by atoms with E-state index in [9.17, 15) is 18.0 Å². The number of amides is 1. The van der Waals surface area contributed by atoms with Crippen LogP contribution in [0.2, 0.25) is 0 Å². The van der Waals surface area contributed by atoms with Gasteiger partial charge in [-0.3, -0.25) is 4.79 Å². The van der Waals surface area contributed by atoms with Gasteiger partial charge >= 0.3 is 6.18 Å². The normalized spacial score (nSPS) is 11.2. The maximum absolute atomic E-state index is 12.5. The Labute approximate surface area is 124 Å². The van der Waals surface area contributed by atoms with E-state index in [1.54, 1.807) is 12.1 Å². The quantitative estimate of drug-likeness (QED) is 0.794. The molecule has 0 radical (unpaired) electrons. The molecule has 4 nitrogen and oxygen atoms in total. The van der Waals surface area contributed by atoms with Crippen LogP contribution in [0.15, 0.2) is 53.9 Å². The molecule has 0 saturated carbocycles. The first kappa shape index (κ1) is 15.8. The van der Waals surface area contributed by atoms with E-state index in [4.69, 9.17) is 4.42 Å². The number of oxazole rings is 1. The van der Waals surface area contributed by atoms with Gasteiger partial charge in [0.05, 0.1) is 6.20 Å². The number of carbonyl (C=O) groups is 1. The van der Waals surface area contributed by atoms with Crippen molar-refractivity contribution < 1.29 is 22.4 Å². The highest BCUT2D eigenvalue weighted by atomic mass is 19.4. The van der Waals surface area contributed by atoms with Crippen LogP contribution in [0.3, 0.4) is 0 Å². The summed E-state index contributed by atoms with van der Waals surface area (Å²) in [4.78, 5) is 16.6. The van der Waals surface area contributed by atoms with Crippen molar-refractivity contribution in [2.45, 2.75) is 6.18 Å². The molecule has 0 aliphatic carbocycles. The lowest BCUT2D eigenvalue weighted by molar-refractivity contribution is -0.139. The third-order valence-electron chi connectivity index (χ3n) is 2.86. The first-order valence-electron chi connectivity index (χ1n) is 6.36. The lowest BCUT2D eigenvalue weighted by Gasteiger charge is -2.22. The van der Waals surface area contributed by atoms with Gasteiger partial charge in [0.25, 0.3) is 5.91 Å². The molecule has 116 valence electrons. The zero-order valence-corrected chi connectivity index (χ0v) is 11.5. The van der Waals surface area contributed by atoms with Crippen LogP contribution in [-0.2, 0) is 0 Å². The maximum atomic E-state index is 12.5. The Balaban J connectivity index is 2.18. The highest BCUT2D eigenvalue weighted by Gasteiger charge is 2.32. The van der Waals surface area contributed by atoms with E-state index in [0.717, 1.165) is 0 Å². The van der Waals surface area contributed by atoms with Crippen molar-refractivity contribution in [2.75, 3.05) is 13.1 Å². The average molecular weight is 310 g/mol. The molecule has 22 heavy (non-hydrogen) atoms. The van der Waals surface area contributed by atoms with Crippen LogP contribution >= 0.6 is 0 Å². The third kappa shape index (κ3) is 3.97. The van der Waals surface area contributed by atoms with E-state index in [2.05, 4.69) is 11.6 Å². The van der Waals surface area contributed by atoms with Crippen LogP contribution in [-0.4, -0.2) is 35.1 Å². The Morgan fingerprint density at radius 3 is 2.50 bits per heavy atom. The molecule has 0 atom stereocenters. The Morgan fingerprint density at radius 2 is 2.00 bits per heavy atom. The molecule has 0 aliphatic heterocycles. The summed E-state index contributed by atoms with van der Waals surface area (Å²) in [5.74, 6) is -0.196. The van der Waals surface area contributed by atoms with Gasteiger partial charge in [-0.25, -0.2) is 4.98 Å². The molecular weight excluding hydrogens is 297 g/mol. The van der Waals surface area contributed by atoms with Crippen molar-refractivity contribution in [2.24, 2.45) is 0 Å². The molecular formula is C15H13F3N2O2. The van der Waals surface area contributed by atoms with E-state index in [-0.39, 0.29) is 12.1 Å². The van der Waals surface area contributed by atoms with Crippen molar-refractivity contribution in [3.05, 3.63) is 55.1 Å².